The van der Waals surface area contributed by atoms with Gasteiger partial charge in [0.1, 0.15) is 16.4 Å². The van der Waals surface area contributed by atoms with Crippen molar-refractivity contribution in [3.63, 3.8) is 0 Å². The molecule has 114 valence electrons. The number of aryl methyl sites for hydroxylation is 1. The summed E-state index contributed by atoms with van der Waals surface area (Å²) in [5.41, 5.74) is 5.48. The number of nitrogens with two attached hydrogens (primary N) is 1. The highest BCUT2D eigenvalue weighted by atomic mass is 32.2. The maximum atomic E-state index is 12.4. The predicted octanol–water partition coefficient (Wildman–Crippen LogP) is 2.00. The van der Waals surface area contributed by atoms with Crippen LogP contribution in [0.25, 0.3) is 0 Å². The van der Waals surface area contributed by atoms with E-state index >= 15 is 0 Å². The van der Waals surface area contributed by atoms with Crippen molar-refractivity contribution in [2.24, 2.45) is 5.73 Å². The van der Waals surface area contributed by atoms with Gasteiger partial charge in [0.05, 0.1) is 6.54 Å². The Morgan fingerprint density at radius 3 is 2.55 bits per heavy atom. The third kappa shape index (κ3) is 3.58. The molecule has 1 aliphatic rings. The Balaban J connectivity index is 2.06. The van der Waals surface area contributed by atoms with Crippen LogP contribution < -0.4 is 10.5 Å². The lowest BCUT2D eigenvalue weighted by atomic mass is 9.96. The zero-order valence-corrected chi connectivity index (χ0v) is 13.5. The zero-order chi connectivity index (χ0) is 14.8. The molecule has 0 spiro atoms. The fraction of sp³-hybridized carbons (Fsp3) is 0.692. The van der Waals surface area contributed by atoms with Gasteiger partial charge in [-0.2, -0.15) is 11.8 Å². The van der Waals surface area contributed by atoms with Gasteiger partial charge in [-0.1, -0.05) is 0 Å². The van der Waals surface area contributed by atoms with E-state index in [4.69, 9.17) is 10.2 Å². The van der Waals surface area contributed by atoms with Gasteiger partial charge in [0, 0.05) is 17.4 Å². The highest BCUT2D eigenvalue weighted by Gasteiger charge is 2.27. The second-order valence-electron chi connectivity index (χ2n) is 5.17. The SMILES string of the molecule is CSC1CCC(NS(=O)(=O)c2cc(CN)oc2C)CC1. The van der Waals surface area contributed by atoms with Crippen LogP contribution in [0.1, 0.15) is 37.2 Å². The summed E-state index contributed by atoms with van der Waals surface area (Å²) in [5, 5.41) is 0.662. The Kier molecular flexibility index (Phi) is 5.17. The highest BCUT2D eigenvalue weighted by Crippen LogP contribution is 2.28. The van der Waals surface area contributed by atoms with E-state index in [1.807, 2.05) is 11.8 Å². The molecule has 1 fully saturated rings. The summed E-state index contributed by atoms with van der Waals surface area (Å²) in [7, 11) is -3.51. The molecule has 0 amide bonds. The van der Waals surface area contributed by atoms with E-state index in [0.717, 1.165) is 25.7 Å². The van der Waals surface area contributed by atoms with E-state index < -0.39 is 10.0 Å². The molecule has 0 atom stereocenters. The molecule has 20 heavy (non-hydrogen) atoms. The molecular formula is C13H22N2O3S2. The molecular weight excluding hydrogens is 296 g/mol. The van der Waals surface area contributed by atoms with Crippen LogP contribution in [0.2, 0.25) is 0 Å². The van der Waals surface area contributed by atoms with E-state index in [2.05, 4.69) is 11.0 Å². The molecule has 1 aromatic heterocycles. The monoisotopic (exact) mass is 318 g/mol. The summed E-state index contributed by atoms with van der Waals surface area (Å²) < 4.78 is 32.9. The van der Waals surface area contributed by atoms with Crippen molar-refractivity contribution in [1.82, 2.24) is 4.72 Å². The summed E-state index contributed by atoms with van der Waals surface area (Å²) in [6, 6.07) is 1.55. The molecule has 0 bridgehead atoms. The Labute approximate surface area is 124 Å². The fourth-order valence-corrected chi connectivity index (χ4v) is 4.84. The van der Waals surface area contributed by atoms with Crippen molar-refractivity contribution in [3.8, 4) is 0 Å². The number of furan rings is 1. The minimum Gasteiger partial charge on any atom is -0.464 e. The number of thioether (sulfide) groups is 1. The first-order valence-electron chi connectivity index (χ1n) is 6.80. The molecule has 1 saturated carbocycles. The third-order valence-corrected chi connectivity index (χ3v) is 6.51. The minimum atomic E-state index is -3.51. The largest absolute Gasteiger partial charge is 0.464 e. The van der Waals surface area contributed by atoms with Crippen LogP contribution in [-0.4, -0.2) is 26.0 Å². The number of rotatable bonds is 5. The van der Waals surface area contributed by atoms with Gasteiger partial charge >= 0.3 is 0 Å². The number of sulfonamides is 1. The summed E-state index contributed by atoms with van der Waals surface area (Å²) in [6.45, 7) is 1.85. The van der Waals surface area contributed by atoms with Gasteiger partial charge in [-0.15, -0.1) is 0 Å². The van der Waals surface area contributed by atoms with Crippen molar-refractivity contribution in [3.05, 3.63) is 17.6 Å². The lowest BCUT2D eigenvalue weighted by Crippen LogP contribution is -2.38. The zero-order valence-electron chi connectivity index (χ0n) is 11.9. The van der Waals surface area contributed by atoms with Gasteiger partial charge < -0.3 is 10.2 Å². The van der Waals surface area contributed by atoms with Crippen molar-refractivity contribution in [2.45, 2.75) is 55.3 Å². The second-order valence-corrected chi connectivity index (χ2v) is 7.99. The fourth-order valence-electron chi connectivity index (χ4n) is 2.59. The van der Waals surface area contributed by atoms with E-state index in [9.17, 15) is 8.42 Å². The van der Waals surface area contributed by atoms with Gasteiger partial charge in [-0.05, 0) is 38.9 Å². The highest BCUT2D eigenvalue weighted by molar-refractivity contribution is 7.99. The van der Waals surface area contributed by atoms with E-state index in [1.54, 1.807) is 6.92 Å². The van der Waals surface area contributed by atoms with Crippen LogP contribution >= 0.6 is 11.8 Å². The van der Waals surface area contributed by atoms with E-state index in [0.29, 0.717) is 16.8 Å². The number of nitrogens with one attached hydrogen (secondary N) is 1. The predicted molar refractivity (Wildman–Crippen MR) is 81.2 cm³/mol. The van der Waals surface area contributed by atoms with Gasteiger partial charge in [0.25, 0.3) is 0 Å². The summed E-state index contributed by atoms with van der Waals surface area (Å²) in [4.78, 5) is 0.213. The molecule has 1 aromatic rings. The normalized spacial score (nSPS) is 23.9. The quantitative estimate of drug-likeness (QED) is 0.867. The smallest absolute Gasteiger partial charge is 0.244 e. The third-order valence-electron chi connectivity index (χ3n) is 3.74. The van der Waals surface area contributed by atoms with Crippen molar-refractivity contribution >= 4 is 21.8 Å². The Hall–Kier alpha value is -0.500. The molecule has 1 heterocycles. The maximum Gasteiger partial charge on any atom is 0.244 e. The first-order valence-corrected chi connectivity index (χ1v) is 9.58. The van der Waals surface area contributed by atoms with Gasteiger partial charge in [0.2, 0.25) is 10.0 Å². The van der Waals surface area contributed by atoms with E-state index in [1.165, 1.54) is 6.07 Å². The Bertz CT molecular complexity index is 546. The Morgan fingerprint density at radius 2 is 2.05 bits per heavy atom. The van der Waals surface area contributed by atoms with Crippen LogP contribution in [0.5, 0.6) is 0 Å². The molecule has 7 heteroatoms. The van der Waals surface area contributed by atoms with Crippen molar-refractivity contribution in [2.75, 3.05) is 6.26 Å². The summed E-state index contributed by atoms with van der Waals surface area (Å²) >= 11 is 1.86. The number of hydrogen-bond acceptors (Lipinski definition) is 5. The molecule has 5 nitrogen and oxygen atoms in total. The topological polar surface area (TPSA) is 85.3 Å². The standard InChI is InChI=1S/C13H22N2O3S2/c1-9-13(7-11(8-14)18-9)20(16,17)15-10-3-5-12(19-2)6-4-10/h7,10,12,15H,3-6,8,14H2,1-2H3. The average Bonchev–Trinajstić information content (AvgIpc) is 2.81. The molecule has 1 aliphatic carbocycles. The maximum absolute atomic E-state index is 12.4. The van der Waals surface area contributed by atoms with E-state index in [-0.39, 0.29) is 17.5 Å². The van der Waals surface area contributed by atoms with Crippen LogP contribution in [0.3, 0.4) is 0 Å². The van der Waals surface area contributed by atoms with Crippen molar-refractivity contribution < 1.29 is 12.8 Å². The van der Waals surface area contributed by atoms with Crippen LogP contribution in [0.4, 0.5) is 0 Å². The molecule has 0 unspecified atom stereocenters. The minimum absolute atomic E-state index is 0.0269. The second kappa shape index (κ2) is 6.51. The van der Waals surface area contributed by atoms with Crippen LogP contribution in [-0.2, 0) is 16.6 Å². The molecule has 0 aliphatic heterocycles. The molecule has 3 N–H and O–H groups in total. The first-order chi connectivity index (χ1) is 9.46. The summed E-state index contributed by atoms with van der Waals surface area (Å²) in [6.07, 6.45) is 6.02. The van der Waals surface area contributed by atoms with Gasteiger partial charge in [-0.25, -0.2) is 13.1 Å². The lowest BCUT2D eigenvalue weighted by molar-refractivity contribution is 0.419. The van der Waals surface area contributed by atoms with Gasteiger partial charge in [-0.3, -0.25) is 0 Å². The van der Waals surface area contributed by atoms with Crippen LogP contribution in [0.15, 0.2) is 15.4 Å². The average molecular weight is 318 g/mol. The molecule has 0 saturated heterocycles. The van der Waals surface area contributed by atoms with Crippen molar-refractivity contribution in [1.29, 1.82) is 0 Å². The van der Waals surface area contributed by atoms with Gasteiger partial charge in [0.15, 0.2) is 0 Å². The molecule has 0 aromatic carbocycles. The summed E-state index contributed by atoms with van der Waals surface area (Å²) in [5.74, 6) is 0.893. The Morgan fingerprint density at radius 1 is 1.40 bits per heavy atom. The lowest BCUT2D eigenvalue weighted by Gasteiger charge is -2.27. The molecule has 0 radical (unpaired) electrons. The first kappa shape index (κ1) is 15.9. The molecule has 2 rings (SSSR count). The number of hydrogen-bond donors (Lipinski definition) is 2. The van der Waals surface area contributed by atoms with Crippen LogP contribution in [0, 0.1) is 6.92 Å².